The standard InChI is InChI=1S/C18H27NO/c1-13(2)15-8-9-18-17(11-15)19-16(12-20-18)10-14-6-4-3-5-7-14/h3-7,13,15-19H,8-12H2,1-2H3. The van der Waals surface area contributed by atoms with Crippen molar-refractivity contribution in [2.45, 2.75) is 57.7 Å². The molecule has 20 heavy (non-hydrogen) atoms. The molecule has 2 aliphatic rings. The van der Waals surface area contributed by atoms with E-state index in [4.69, 9.17) is 4.74 Å². The normalized spacial score (nSPS) is 34.0. The highest BCUT2D eigenvalue weighted by molar-refractivity contribution is 5.16. The van der Waals surface area contributed by atoms with Crippen molar-refractivity contribution in [1.82, 2.24) is 5.32 Å². The van der Waals surface area contributed by atoms with E-state index in [0.29, 0.717) is 18.2 Å². The zero-order valence-corrected chi connectivity index (χ0v) is 12.7. The Morgan fingerprint density at radius 2 is 2.00 bits per heavy atom. The van der Waals surface area contributed by atoms with Gasteiger partial charge in [-0.1, -0.05) is 44.2 Å². The summed E-state index contributed by atoms with van der Waals surface area (Å²) in [6.07, 6.45) is 5.39. The van der Waals surface area contributed by atoms with E-state index in [1.807, 2.05) is 0 Å². The summed E-state index contributed by atoms with van der Waals surface area (Å²) in [6, 6.07) is 11.8. The first kappa shape index (κ1) is 14.1. The van der Waals surface area contributed by atoms with Crippen LogP contribution in [0, 0.1) is 11.8 Å². The second kappa shape index (κ2) is 6.28. The van der Waals surface area contributed by atoms with Crippen molar-refractivity contribution in [1.29, 1.82) is 0 Å². The number of nitrogens with one attached hydrogen (secondary N) is 1. The van der Waals surface area contributed by atoms with Crippen molar-refractivity contribution < 1.29 is 4.74 Å². The summed E-state index contributed by atoms with van der Waals surface area (Å²) >= 11 is 0. The van der Waals surface area contributed by atoms with Gasteiger partial charge in [-0.3, -0.25) is 0 Å². The summed E-state index contributed by atoms with van der Waals surface area (Å²) in [7, 11) is 0. The molecule has 1 saturated carbocycles. The maximum Gasteiger partial charge on any atom is 0.0729 e. The van der Waals surface area contributed by atoms with Gasteiger partial charge < -0.3 is 10.1 Å². The first-order valence-electron chi connectivity index (χ1n) is 8.14. The van der Waals surface area contributed by atoms with Gasteiger partial charge in [-0.15, -0.1) is 0 Å². The molecule has 0 bridgehead atoms. The minimum absolute atomic E-state index is 0.456. The average Bonchev–Trinajstić information content (AvgIpc) is 2.47. The predicted molar refractivity (Wildman–Crippen MR) is 82.8 cm³/mol. The van der Waals surface area contributed by atoms with Crippen LogP contribution in [-0.2, 0) is 11.2 Å². The quantitative estimate of drug-likeness (QED) is 0.911. The van der Waals surface area contributed by atoms with Crippen LogP contribution in [0.4, 0.5) is 0 Å². The fourth-order valence-electron chi connectivity index (χ4n) is 3.76. The average molecular weight is 273 g/mol. The first-order chi connectivity index (χ1) is 9.72. The molecule has 2 nitrogen and oxygen atoms in total. The Hall–Kier alpha value is -0.860. The van der Waals surface area contributed by atoms with Crippen LogP contribution in [0.25, 0.3) is 0 Å². The predicted octanol–water partition coefficient (Wildman–Crippen LogP) is 3.41. The van der Waals surface area contributed by atoms with Gasteiger partial charge in [0.05, 0.1) is 12.7 Å². The van der Waals surface area contributed by atoms with E-state index >= 15 is 0 Å². The molecule has 110 valence electrons. The maximum absolute atomic E-state index is 6.13. The molecule has 1 aromatic carbocycles. The van der Waals surface area contributed by atoms with Gasteiger partial charge in [0.15, 0.2) is 0 Å². The molecule has 1 saturated heterocycles. The molecule has 0 amide bonds. The molecule has 3 rings (SSSR count). The lowest BCUT2D eigenvalue weighted by molar-refractivity contribution is -0.0583. The number of ether oxygens (including phenoxy) is 1. The number of fused-ring (bicyclic) bond motifs is 1. The minimum Gasteiger partial charge on any atom is -0.375 e. The second-order valence-electron chi connectivity index (χ2n) is 6.85. The highest BCUT2D eigenvalue weighted by atomic mass is 16.5. The van der Waals surface area contributed by atoms with Crippen LogP contribution in [0.5, 0.6) is 0 Å². The van der Waals surface area contributed by atoms with Crippen LogP contribution in [0.15, 0.2) is 30.3 Å². The summed E-state index contributed by atoms with van der Waals surface area (Å²) in [5, 5.41) is 3.86. The number of morpholine rings is 1. The molecule has 1 heterocycles. The van der Waals surface area contributed by atoms with Gasteiger partial charge in [0.25, 0.3) is 0 Å². The van der Waals surface area contributed by atoms with E-state index < -0.39 is 0 Å². The summed E-state index contributed by atoms with van der Waals surface area (Å²) in [5.74, 6) is 1.66. The lowest BCUT2D eigenvalue weighted by Gasteiger charge is -2.44. The molecule has 4 unspecified atom stereocenters. The maximum atomic E-state index is 6.13. The van der Waals surface area contributed by atoms with E-state index in [2.05, 4.69) is 49.5 Å². The van der Waals surface area contributed by atoms with Crippen molar-refractivity contribution in [3.63, 3.8) is 0 Å². The van der Waals surface area contributed by atoms with Crippen LogP contribution in [0.2, 0.25) is 0 Å². The fraction of sp³-hybridized carbons (Fsp3) is 0.667. The molecule has 1 aliphatic heterocycles. The highest BCUT2D eigenvalue weighted by Gasteiger charge is 2.36. The molecule has 4 atom stereocenters. The number of benzene rings is 1. The molecule has 0 aromatic heterocycles. The Morgan fingerprint density at radius 3 is 2.75 bits per heavy atom. The monoisotopic (exact) mass is 273 g/mol. The molecule has 1 aliphatic carbocycles. The van der Waals surface area contributed by atoms with E-state index in [9.17, 15) is 0 Å². The second-order valence-corrected chi connectivity index (χ2v) is 6.85. The third-order valence-electron chi connectivity index (χ3n) is 5.06. The molecular formula is C18H27NO. The number of hydrogen-bond acceptors (Lipinski definition) is 2. The third kappa shape index (κ3) is 3.24. The summed E-state index contributed by atoms with van der Waals surface area (Å²) < 4.78 is 6.13. The SMILES string of the molecule is CC(C)C1CCC2OCC(Cc3ccccc3)NC2C1. The Balaban J connectivity index is 1.58. The van der Waals surface area contributed by atoms with Gasteiger partial charge in [0, 0.05) is 12.1 Å². The van der Waals surface area contributed by atoms with E-state index in [0.717, 1.165) is 24.9 Å². The summed E-state index contributed by atoms with van der Waals surface area (Å²) in [6.45, 7) is 5.58. The number of rotatable bonds is 3. The van der Waals surface area contributed by atoms with E-state index in [1.54, 1.807) is 0 Å². The lowest BCUT2D eigenvalue weighted by Crippen LogP contribution is -2.57. The van der Waals surface area contributed by atoms with Gasteiger partial charge >= 0.3 is 0 Å². The van der Waals surface area contributed by atoms with Crippen molar-refractivity contribution in [2.24, 2.45) is 11.8 Å². The van der Waals surface area contributed by atoms with Gasteiger partial charge in [-0.25, -0.2) is 0 Å². The Kier molecular flexibility index (Phi) is 4.42. The molecule has 2 fully saturated rings. The Labute approximate surface area is 122 Å². The van der Waals surface area contributed by atoms with Crippen molar-refractivity contribution >= 4 is 0 Å². The molecule has 2 heteroatoms. The van der Waals surface area contributed by atoms with Crippen molar-refractivity contribution in [3.8, 4) is 0 Å². The molecule has 0 spiro atoms. The van der Waals surface area contributed by atoms with Crippen LogP contribution < -0.4 is 5.32 Å². The molecule has 1 aromatic rings. The molecule has 0 radical (unpaired) electrons. The lowest BCUT2D eigenvalue weighted by atomic mass is 9.77. The zero-order chi connectivity index (χ0) is 13.9. The van der Waals surface area contributed by atoms with E-state index in [-0.39, 0.29) is 0 Å². The Morgan fingerprint density at radius 1 is 1.20 bits per heavy atom. The first-order valence-corrected chi connectivity index (χ1v) is 8.14. The third-order valence-corrected chi connectivity index (χ3v) is 5.06. The smallest absolute Gasteiger partial charge is 0.0729 e. The molecular weight excluding hydrogens is 246 g/mol. The number of hydrogen-bond donors (Lipinski definition) is 1. The highest BCUT2D eigenvalue weighted by Crippen LogP contribution is 2.33. The van der Waals surface area contributed by atoms with Crippen LogP contribution in [0.1, 0.15) is 38.7 Å². The van der Waals surface area contributed by atoms with Crippen LogP contribution >= 0.6 is 0 Å². The van der Waals surface area contributed by atoms with Gasteiger partial charge in [0.2, 0.25) is 0 Å². The van der Waals surface area contributed by atoms with E-state index in [1.165, 1.54) is 24.8 Å². The van der Waals surface area contributed by atoms with Crippen LogP contribution in [0.3, 0.4) is 0 Å². The van der Waals surface area contributed by atoms with Gasteiger partial charge in [0.1, 0.15) is 0 Å². The van der Waals surface area contributed by atoms with Gasteiger partial charge in [-0.2, -0.15) is 0 Å². The van der Waals surface area contributed by atoms with Crippen LogP contribution in [-0.4, -0.2) is 24.8 Å². The summed E-state index contributed by atoms with van der Waals surface area (Å²) in [4.78, 5) is 0. The topological polar surface area (TPSA) is 21.3 Å². The minimum atomic E-state index is 0.456. The van der Waals surface area contributed by atoms with Crippen molar-refractivity contribution in [2.75, 3.05) is 6.61 Å². The van der Waals surface area contributed by atoms with Gasteiger partial charge in [-0.05, 0) is 43.1 Å². The summed E-state index contributed by atoms with van der Waals surface area (Å²) in [5.41, 5.74) is 1.41. The fourth-order valence-corrected chi connectivity index (χ4v) is 3.76. The largest absolute Gasteiger partial charge is 0.375 e. The zero-order valence-electron chi connectivity index (χ0n) is 12.7. The molecule has 1 N–H and O–H groups in total. The van der Waals surface area contributed by atoms with Crippen molar-refractivity contribution in [3.05, 3.63) is 35.9 Å². The Bertz CT molecular complexity index is 417.